The summed E-state index contributed by atoms with van der Waals surface area (Å²) >= 11 is 1.41. The van der Waals surface area contributed by atoms with E-state index in [4.69, 9.17) is 0 Å². The van der Waals surface area contributed by atoms with Gasteiger partial charge in [0, 0.05) is 37.1 Å². The summed E-state index contributed by atoms with van der Waals surface area (Å²) in [6.45, 7) is 1.08. The molecule has 0 saturated carbocycles. The van der Waals surface area contributed by atoms with Gasteiger partial charge in [-0.1, -0.05) is 30.3 Å². The van der Waals surface area contributed by atoms with E-state index in [9.17, 15) is 18.0 Å². The molecule has 2 heterocycles. The molecule has 1 fully saturated rings. The van der Waals surface area contributed by atoms with Gasteiger partial charge < -0.3 is 10.2 Å². The molecule has 0 radical (unpaired) electrons. The molecule has 9 heteroatoms. The smallest absolute Gasteiger partial charge is 0.252 e. The van der Waals surface area contributed by atoms with Crippen molar-refractivity contribution in [3.05, 3.63) is 58.3 Å². The number of hydrogen-bond acceptors (Lipinski definition) is 5. The van der Waals surface area contributed by atoms with Crippen molar-refractivity contribution in [2.45, 2.75) is 5.75 Å². The van der Waals surface area contributed by atoms with Gasteiger partial charge in [-0.05, 0) is 17.0 Å². The lowest BCUT2D eigenvalue weighted by molar-refractivity contribution is -0.131. The van der Waals surface area contributed by atoms with Crippen LogP contribution in [-0.2, 0) is 20.6 Å². The first-order valence-electron chi connectivity index (χ1n) is 8.55. The number of rotatable bonds is 6. The summed E-state index contributed by atoms with van der Waals surface area (Å²) in [6, 6.07) is 10.7. The molecular weight excluding hydrogens is 386 g/mol. The van der Waals surface area contributed by atoms with E-state index in [0.717, 1.165) is 5.56 Å². The molecule has 3 rings (SSSR count). The van der Waals surface area contributed by atoms with Gasteiger partial charge in [0.2, 0.25) is 15.9 Å². The van der Waals surface area contributed by atoms with Gasteiger partial charge in [-0.25, -0.2) is 8.42 Å². The number of hydrogen-bond donors (Lipinski definition) is 1. The van der Waals surface area contributed by atoms with Crippen molar-refractivity contribution >= 4 is 33.2 Å². The molecule has 2 amide bonds. The van der Waals surface area contributed by atoms with Gasteiger partial charge in [0.15, 0.2) is 0 Å². The quantitative estimate of drug-likeness (QED) is 0.778. The molecule has 7 nitrogen and oxygen atoms in total. The zero-order valence-electron chi connectivity index (χ0n) is 14.7. The van der Waals surface area contributed by atoms with Gasteiger partial charge in [0.05, 0.1) is 12.3 Å². The molecule has 0 spiro atoms. The van der Waals surface area contributed by atoms with Crippen molar-refractivity contribution in [2.75, 3.05) is 32.7 Å². The number of benzene rings is 1. The lowest BCUT2D eigenvalue weighted by Crippen LogP contribution is -2.52. The van der Waals surface area contributed by atoms with E-state index in [-0.39, 0.29) is 37.2 Å². The minimum absolute atomic E-state index is 0.0432. The summed E-state index contributed by atoms with van der Waals surface area (Å²) in [6.07, 6.45) is 0. The van der Waals surface area contributed by atoms with Crippen LogP contribution < -0.4 is 5.32 Å². The highest BCUT2D eigenvalue weighted by molar-refractivity contribution is 7.88. The predicted molar refractivity (Wildman–Crippen MR) is 104 cm³/mol. The predicted octanol–water partition coefficient (Wildman–Crippen LogP) is 1.15. The van der Waals surface area contributed by atoms with E-state index in [1.807, 2.05) is 18.2 Å². The first-order chi connectivity index (χ1) is 13.0. The van der Waals surface area contributed by atoms with E-state index < -0.39 is 10.0 Å². The molecule has 144 valence electrons. The van der Waals surface area contributed by atoms with E-state index in [1.165, 1.54) is 15.6 Å². The van der Waals surface area contributed by atoms with Crippen LogP contribution in [0.1, 0.15) is 15.9 Å². The summed E-state index contributed by atoms with van der Waals surface area (Å²) in [5, 5.41) is 6.12. The summed E-state index contributed by atoms with van der Waals surface area (Å²) in [5.41, 5.74) is 1.27. The molecule has 0 bridgehead atoms. The van der Waals surface area contributed by atoms with Crippen LogP contribution >= 0.6 is 11.3 Å². The SMILES string of the molecule is O=C(NCC(=O)N1CCN(S(=O)(=O)Cc2ccccc2)CC1)c1ccsc1. The van der Waals surface area contributed by atoms with Gasteiger partial charge >= 0.3 is 0 Å². The molecule has 2 aromatic rings. The number of nitrogens with zero attached hydrogens (tertiary/aromatic N) is 2. The zero-order valence-corrected chi connectivity index (χ0v) is 16.3. The van der Waals surface area contributed by atoms with Gasteiger partial charge in [-0.2, -0.15) is 15.6 Å². The Morgan fingerprint density at radius 1 is 1.04 bits per heavy atom. The molecule has 0 unspecified atom stereocenters. The number of carbonyl (C=O) groups excluding carboxylic acids is 2. The van der Waals surface area contributed by atoms with Crippen LogP contribution in [0.15, 0.2) is 47.2 Å². The highest BCUT2D eigenvalue weighted by Gasteiger charge is 2.29. The van der Waals surface area contributed by atoms with Crippen LogP contribution in [0, 0.1) is 0 Å². The van der Waals surface area contributed by atoms with Gasteiger partial charge in [0.1, 0.15) is 0 Å². The molecule has 0 aliphatic carbocycles. The molecule has 27 heavy (non-hydrogen) atoms. The Morgan fingerprint density at radius 2 is 1.74 bits per heavy atom. The Kier molecular flexibility index (Phi) is 6.25. The maximum Gasteiger partial charge on any atom is 0.252 e. The lowest BCUT2D eigenvalue weighted by atomic mass is 10.2. The second-order valence-corrected chi connectivity index (χ2v) is 8.97. The monoisotopic (exact) mass is 407 g/mol. The fourth-order valence-corrected chi connectivity index (χ4v) is 5.01. The first kappa shape index (κ1) is 19.5. The van der Waals surface area contributed by atoms with Crippen molar-refractivity contribution in [2.24, 2.45) is 0 Å². The highest BCUT2D eigenvalue weighted by atomic mass is 32.2. The number of piperazine rings is 1. The maximum absolute atomic E-state index is 12.5. The van der Waals surface area contributed by atoms with Crippen LogP contribution in [0.5, 0.6) is 0 Å². The average molecular weight is 408 g/mol. The Hall–Kier alpha value is -2.23. The number of nitrogens with one attached hydrogen (secondary N) is 1. The van der Waals surface area contributed by atoms with Crippen molar-refractivity contribution in [3.8, 4) is 0 Å². The fourth-order valence-electron chi connectivity index (χ4n) is 2.86. The van der Waals surface area contributed by atoms with Crippen molar-refractivity contribution in [1.82, 2.24) is 14.5 Å². The van der Waals surface area contributed by atoms with Crippen LogP contribution in [-0.4, -0.2) is 62.2 Å². The van der Waals surface area contributed by atoms with Gasteiger partial charge in [-0.15, -0.1) is 0 Å². The maximum atomic E-state index is 12.5. The zero-order chi connectivity index (χ0) is 19.3. The molecule has 1 aliphatic heterocycles. The Labute approximate surface area is 162 Å². The summed E-state index contributed by atoms with van der Waals surface area (Å²) < 4.78 is 26.5. The van der Waals surface area contributed by atoms with Crippen molar-refractivity contribution in [1.29, 1.82) is 0 Å². The van der Waals surface area contributed by atoms with Crippen LogP contribution in [0.25, 0.3) is 0 Å². The third-order valence-corrected chi connectivity index (χ3v) is 6.89. The minimum atomic E-state index is -3.41. The fraction of sp³-hybridized carbons (Fsp3) is 0.333. The van der Waals surface area contributed by atoms with Crippen molar-refractivity contribution < 1.29 is 18.0 Å². The molecule has 1 saturated heterocycles. The largest absolute Gasteiger partial charge is 0.343 e. The standard InChI is InChI=1S/C18H21N3O4S2/c22-17(12-19-18(23)16-6-11-26-13-16)20-7-9-21(10-8-20)27(24,25)14-15-4-2-1-3-5-15/h1-6,11,13H,7-10,12,14H2,(H,19,23). The van der Waals surface area contributed by atoms with E-state index in [2.05, 4.69) is 5.32 Å². The van der Waals surface area contributed by atoms with Crippen LogP contribution in [0.2, 0.25) is 0 Å². The van der Waals surface area contributed by atoms with E-state index in [1.54, 1.807) is 33.9 Å². The van der Waals surface area contributed by atoms with E-state index in [0.29, 0.717) is 18.7 Å². The lowest BCUT2D eigenvalue weighted by Gasteiger charge is -2.34. The highest BCUT2D eigenvalue weighted by Crippen LogP contribution is 2.13. The molecule has 1 aliphatic rings. The summed E-state index contributed by atoms with van der Waals surface area (Å²) in [4.78, 5) is 25.7. The van der Waals surface area contributed by atoms with Crippen LogP contribution in [0.3, 0.4) is 0 Å². The van der Waals surface area contributed by atoms with E-state index >= 15 is 0 Å². The average Bonchev–Trinajstić information content (AvgIpc) is 3.21. The second kappa shape index (κ2) is 8.64. The third kappa shape index (κ3) is 5.15. The summed E-state index contributed by atoms with van der Waals surface area (Å²) in [5.74, 6) is -0.536. The Morgan fingerprint density at radius 3 is 2.37 bits per heavy atom. The van der Waals surface area contributed by atoms with Crippen molar-refractivity contribution in [3.63, 3.8) is 0 Å². The normalized spacial score (nSPS) is 15.5. The number of amides is 2. The first-order valence-corrected chi connectivity index (χ1v) is 11.1. The number of thiophene rings is 1. The second-order valence-electron chi connectivity index (χ2n) is 6.22. The summed E-state index contributed by atoms with van der Waals surface area (Å²) in [7, 11) is -3.41. The number of sulfonamides is 1. The Balaban J connectivity index is 1.48. The topological polar surface area (TPSA) is 86.8 Å². The van der Waals surface area contributed by atoms with Gasteiger partial charge in [0.25, 0.3) is 5.91 Å². The minimum Gasteiger partial charge on any atom is -0.343 e. The Bertz CT molecular complexity index is 875. The molecule has 1 N–H and O–H groups in total. The molecular formula is C18H21N3O4S2. The molecule has 1 aromatic heterocycles. The molecule has 0 atom stereocenters. The third-order valence-electron chi connectivity index (χ3n) is 4.36. The van der Waals surface area contributed by atoms with Gasteiger partial charge in [-0.3, -0.25) is 9.59 Å². The van der Waals surface area contributed by atoms with Crippen LogP contribution in [0.4, 0.5) is 0 Å². The molecule has 1 aromatic carbocycles. The number of carbonyl (C=O) groups is 2.